The minimum atomic E-state index is -4.61. The Hall–Kier alpha value is 2.29. The van der Waals surface area contributed by atoms with Crippen molar-refractivity contribution in [1.82, 2.24) is 0 Å². The molecule has 0 saturated carbocycles. The smallest absolute Gasteiger partial charge is 0 e. The summed E-state index contributed by atoms with van der Waals surface area (Å²) in [4.78, 5) is 29.3. The van der Waals surface area contributed by atoms with Gasteiger partial charge < -0.3 is 19.2 Å². The van der Waals surface area contributed by atoms with E-state index in [0.717, 1.165) is 0 Å². The second kappa shape index (κ2) is 6.41. The molecule has 0 aliphatic heterocycles. The first kappa shape index (κ1) is 16.1. The third-order valence-corrected chi connectivity index (χ3v) is 0. The van der Waals surface area contributed by atoms with Crippen LogP contribution in [-0.2, 0) is 0 Å². The molecular weight excluding hydrogens is 445 g/mol. The largest absolute Gasteiger partial charge is 0 e. The average Bonchev–Trinajstić information content (AvgIpc) is 0.722. The monoisotopic (exact) mass is 450 g/mol. The molecule has 0 saturated heterocycles. The maximum Gasteiger partial charge on any atom is 0 e. The van der Waals surface area contributed by atoms with Crippen LogP contribution in [0.2, 0.25) is 0 Å². The van der Waals surface area contributed by atoms with Gasteiger partial charge in [-0.2, -0.15) is 0 Å². The molecule has 0 heterocycles. The quantitative estimate of drug-likeness (QED) is 0.285. The van der Waals surface area contributed by atoms with Crippen molar-refractivity contribution in [2.45, 2.75) is 0 Å². The van der Waals surface area contributed by atoms with Crippen LogP contribution in [0.15, 0.2) is 0 Å². The fourth-order valence-electron chi connectivity index (χ4n) is 0. The van der Waals surface area contributed by atoms with Crippen LogP contribution in [0.4, 0.5) is 0 Å². The summed E-state index contributed by atoms with van der Waals surface area (Å²) in [6.07, 6.45) is 0. The van der Waals surface area contributed by atoms with Gasteiger partial charge in [-0.3, -0.25) is 0 Å². The molecule has 0 radical (unpaired) electrons. The Kier molecular flexibility index (Phi) is 14.8. The second-order valence-electron chi connectivity index (χ2n) is 0.600. The van der Waals surface area contributed by atoms with Crippen LogP contribution < -0.4 is 0 Å². The molecule has 0 aromatic carbocycles. The van der Waals surface area contributed by atoms with Crippen LogP contribution in [0.25, 0.3) is 0 Å². The van der Waals surface area contributed by atoms with E-state index in [0.29, 0.717) is 0 Å². The van der Waals surface area contributed by atoms with Crippen LogP contribution in [0.3, 0.4) is 0 Å². The Morgan fingerprint density at radius 2 is 0.857 bits per heavy atom. The Balaban J connectivity index is -0.0000000800. The summed E-state index contributed by atoms with van der Waals surface area (Å²) < 4.78 is 0. The zero-order valence-electron chi connectivity index (χ0n) is 3.50. The first-order chi connectivity index (χ1) is 2.00. The molecule has 0 amide bonds. The molecule has 0 aliphatic rings. The van der Waals surface area contributed by atoms with Gasteiger partial charge in [0.2, 0.25) is 0 Å². The van der Waals surface area contributed by atoms with E-state index in [1.807, 2.05) is 0 Å². The number of rotatable bonds is 0. The zero-order valence-corrected chi connectivity index (χ0v) is 13.2. The van der Waals surface area contributed by atoms with Gasteiger partial charge in [-0.05, 0) is 0 Å². The molecule has 0 fully saturated rings. The van der Waals surface area contributed by atoms with E-state index in [1.165, 1.54) is 0 Å². The van der Waals surface area contributed by atoms with Crippen molar-refractivity contribution in [3.8, 4) is 0 Å². The van der Waals surface area contributed by atoms with Crippen LogP contribution in [-0.4, -0.2) is 54.4 Å². The zero-order chi connectivity index (χ0) is 4.50. The van der Waals surface area contributed by atoms with Crippen LogP contribution in [0.1, 0.15) is 0 Å². The van der Waals surface area contributed by atoms with Crippen molar-refractivity contribution < 1.29 is 60.0 Å². The van der Waals surface area contributed by atoms with Crippen LogP contribution >= 0.6 is 0 Å². The second-order valence-corrected chi connectivity index (χ2v) is 1.80. The molecule has 0 rings (SSSR count). The molecule has 0 spiro atoms. The van der Waals surface area contributed by atoms with E-state index >= 15 is 0 Å². The molecule has 4 N–H and O–H groups in total. The number of hydrogen-bond acceptors (Lipinski definition) is 4. The van der Waals surface area contributed by atoms with Crippen molar-refractivity contribution in [2.75, 3.05) is 0 Å². The van der Waals surface area contributed by atoms with Gasteiger partial charge in [0.05, 0.1) is 0 Å². The van der Waals surface area contributed by atoms with Crippen molar-refractivity contribution >= 4 is 35.3 Å². The summed E-state index contributed by atoms with van der Waals surface area (Å²) in [5.74, 6) is 0. The fourth-order valence-corrected chi connectivity index (χ4v) is 0. The SMILES string of the molecule is O[Si](O)(O)O.[BiH3].[Nd]. The summed E-state index contributed by atoms with van der Waals surface area (Å²) in [5, 5.41) is 0. The maximum atomic E-state index is 7.33. The van der Waals surface area contributed by atoms with Gasteiger partial charge in [0.1, 0.15) is 0 Å². The third-order valence-electron chi connectivity index (χ3n) is 0. The predicted molar refractivity (Wildman–Crippen MR) is 24.6 cm³/mol. The van der Waals surface area contributed by atoms with Crippen molar-refractivity contribution in [3.05, 3.63) is 0 Å². The molecule has 0 unspecified atom stereocenters. The molecular formula is H7BiNdO4Si. The van der Waals surface area contributed by atoms with E-state index in [1.54, 1.807) is 0 Å². The summed E-state index contributed by atoms with van der Waals surface area (Å²) in [7, 11) is -4.61. The Morgan fingerprint density at radius 3 is 0.857 bits per heavy atom. The minimum absolute atomic E-state index is 0. The summed E-state index contributed by atoms with van der Waals surface area (Å²) in [6, 6.07) is 0. The van der Waals surface area contributed by atoms with Gasteiger partial charge in [-0.15, -0.1) is 0 Å². The first-order valence-corrected chi connectivity index (χ1v) is 2.68. The molecule has 0 atom stereocenters. The molecule has 0 aliphatic carbocycles. The summed E-state index contributed by atoms with van der Waals surface area (Å²) in [5.41, 5.74) is 0. The van der Waals surface area contributed by atoms with E-state index < -0.39 is 9.05 Å². The molecule has 7 heavy (non-hydrogen) atoms. The fraction of sp³-hybridized carbons (Fsp3) is 0. The minimum Gasteiger partial charge on any atom is 0 e. The maximum absolute atomic E-state index is 7.33. The first-order valence-electron chi connectivity index (χ1n) is 0.894. The van der Waals surface area contributed by atoms with Crippen molar-refractivity contribution in [1.29, 1.82) is 0 Å². The van der Waals surface area contributed by atoms with E-state index in [2.05, 4.69) is 0 Å². The Labute approximate surface area is 93.7 Å². The Bertz CT molecular complexity index is 27.2. The van der Waals surface area contributed by atoms with Gasteiger partial charge in [-0.1, -0.05) is 0 Å². The van der Waals surface area contributed by atoms with Gasteiger partial charge in [0.25, 0.3) is 0 Å². The van der Waals surface area contributed by atoms with Crippen molar-refractivity contribution in [2.24, 2.45) is 0 Å². The third kappa shape index (κ3) is 62.5. The van der Waals surface area contributed by atoms with Gasteiger partial charge in [0.15, 0.2) is 0 Å². The van der Waals surface area contributed by atoms with E-state index in [9.17, 15) is 0 Å². The van der Waals surface area contributed by atoms with Gasteiger partial charge in [-0.25, -0.2) is 0 Å². The molecule has 0 aromatic rings. The number of hydrogen-bond donors (Lipinski definition) is 4. The summed E-state index contributed by atoms with van der Waals surface area (Å²) >= 11 is 0. The standard InChI is InChI=1S/Bi.Nd.H4O4Si.3H/c;;1-5(2,3)4;;;/h;;1-4H;;;. The van der Waals surface area contributed by atoms with Crippen LogP contribution in [0.5, 0.6) is 0 Å². The predicted octanol–water partition coefficient (Wildman–Crippen LogP) is -3.79. The van der Waals surface area contributed by atoms with Crippen LogP contribution in [0, 0.1) is 40.8 Å². The molecule has 0 aromatic heterocycles. The van der Waals surface area contributed by atoms with E-state index in [4.69, 9.17) is 19.2 Å². The summed E-state index contributed by atoms with van der Waals surface area (Å²) in [6.45, 7) is 0. The van der Waals surface area contributed by atoms with Crippen molar-refractivity contribution in [3.63, 3.8) is 0 Å². The van der Waals surface area contributed by atoms with Gasteiger partial charge >= 0.3 is 35.3 Å². The topological polar surface area (TPSA) is 80.9 Å². The molecule has 7 heteroatoms. The average molecular weight is 452 g/mol. The molecule has 4 nitrogen and oxygen atoms in total. The van der Waals surface area contributed by atoms with Gasteiger partial charge in [0, 0.05) is 40.8 Å². The Morgan fingerprint density at radius 1 is 0.857 bits per heavy atom. The molecule has 0 bridgehead atoms. The molecule has 44 valence electrons. The van der Waals surface area contributed by atoms with E-state index in [-0.39, 0.29) is 67.0 Å². The normalized spacial score (nSPS) is 8.57.